The van der Waals surface area contributed by atoms with Crippen LogP contribution in [-0.4, -0.2) is 24.3 Å². The third-order valence-electron chi connectivity index (χ3n) is 4.89. The van der Waals surface area contributed by atoms with E-state index < -0.39 is 11.8 Å². The first-order valence-corrected chi connectivity index (χ1v) is 9.07. The number of amides is 3. The van der Waals surface area contributed by atoms with Crippen LogP contribution in [0.5, 0.6) is 0 Å². The Labute approximate surface area is 162 Å². The molecule has 4 rings (SSSR count). The van der Waals surface area contributed by atoms with Crippen LogP contribution in [-0.2, 0) is 9.59 Å². The Balaban J connectivity index is 1.44. The van der Waals surface area contributed by atoms with Crippen molar-refractivity contribution in [2.45, 2.75) is 6.42 Å². The van der Waals surface area contributed by atoms with Crippen molar-refractivity contribution in [1.29, 1.82) is 0 Å². The molecular formula is C22H19N3O3. The molecule has 3 aromatic carbocycles. The van der Waals surface area contributed by atoms with Gasteiger partial charge in [-0.2, -0.15) is 0 Å². The summed E-state index contributed by atoms with van der Waals surface area (Å²) in [6, 6.07) is 22.2. The summed E-state index contributed by atoms with van der Waals surface area (Å²) in [7, 11) is 0. The molecule has 3 amide bonds. The summed E-state index contributed by atoms with van der Waals surface area (Å²) in [6.45, 7) is 0.278. The third kappa shape index (κ3) is 3.44. The lowest BCUT2D eigenvalue weighted by atomic mass is 10.1. The second-order valence-electron chi connectivity index (χ2n) is 6.71. The highest BCUT2D eigenvalue weighted by Crippen LogP contribution is 2.31. The molecule has 0 spiro atoms. The van der Waals surface area contributed by atoms with E-state index in [0.717, 1.165) is 16.5 Å². The molecule has 0 aliphatic carbocycles. The smallest absolute Gasteiger partial charge is 0.269 e. The number of carbonyl (C=O) groups excluding carboxylic acids is 3. The molecule has 0 aromatic heterocycles. The molecule has 1 saturated heterocycles. The summed E-state index contributed by atoms with van der Waals surface area (Å²) in [4.78, 5) is 38.7. The van der Waals surface area contributed by atoms with Gasteiger partial charge < -0.3 is 4.90 Å². The first-order valence-electron chi connectivity index (χ1n) is 9.07. The molecule has 1 aliphatic heterocycles. The first-order chi connectivity index (χ1) is 13.6. The van der Waals surface area contributed by atoms with Crippen LogP contribution >= 0.6 is 0 Å². The standard InChI is InChI=1S/C22H19N3O3/c26-20-13-17(22(28)24-23-21(27)16-8-2-1-3-9-16)14-25(20)19-12-6-10-15-7-4-5-11-18(15)19/h1-12,17H,13-14H2,(H,23,27)(H,24,28). The second kappa shape index (κ2) is 7.52. The molecule has 2 N–H and O–H groups in total. The zero-order valence-electron chi connectivity index (χ0n) is 15.1. The summed E-state index contributed by atoms with van der Waals surface area (Å²) >= 11 is 0. The van der Waals surface area contributed by atoms with Crippen LogP contribution in [0.1, 0.15) is 16.8 Å². The SMILES string of the molecule is O=C(NNC(=O)C1CC(=O)N(c2cccc3ccccc23)C1)c1ccccc1. The van der Waals surface area contributed by atoms with Gasteiger partial charge >= 0.3 is 0 Å². The summed E-state index contributed by atoms with van der Waals surface area (Å²) in [5.74, 6) is -1.40. The Bertz CT molecular complexity index is 1040. The molecular weight excluding hydrogens is 354 g/mol. The van der Waals surface area contributed by atoms with Gasteiger partial charge in [-0.1, -0.05) is 54.6 Å². The van der Waals surface area contributed by atoms with E-state index >= 15 is 0 Å². The van der Waals surface area contributed by atoms with Gasteiger partial charge in [-0.3, -0.25) is 25.2 Å². The van der Waals surface area contributed by atoms with E-state index in [2.05, 4.69) is 10.9 Å². The molecule has 28 heavy (non-hydrogen) atoms. The lowest BCUT2D eigenvalue weighted by Gasteiger charge is -2.19. The number of nitrogens with one attached hydrogen (secondary N) is 2. The molecule has 1 unspecified atom stereocenters. The van der Waals surface area contributed by atoms with E-state index in [4.69, 9.17) is 0 Å². The van der Waals surface area contributed by atoms with Gasteiger partial charge in [0.2, 0.25) is 11.8 Å². The van der Waals surface area contributed by atoms with Crippen molar-refractivity contribution in [3.63, 3.8) is 0 Å². The average Bonchev–Trinajstić information content (AvgIpc) is 3.13. The van der Waals surface area contributed by atoms with E-state index in [1.165, 1.54) is 0 Å². The van der Waals surface area contributed by atoms with Crippen molar-refractivity contribution < 1.29 is 14.4 Å². The highest BCUT2D eigenvalue weighted by molar-refractivity contribution is 6.07. The minimum atomic E-state index is -0.525. The Morgan fingerprint density at radius 1 is 0.857 bits per heavy atom. The minimum absolute atomic E-state index is 0.106. The highest BCUT2D eigenvalue weighted by Gasteiger charge is 2.35. The fourth-order valence-corrected chi connectivity index (χ4v) is 3.44. The fraction of sp³-hybridized carbons (Fsp3) is 0.136. The summed E-state index contributed by atoms with van der Waals surface area (Å²) in [6.07, 6.45) is 0.107. The minimum Gasteiger partial charge on any atom is -0.311 e. The number of benzene rings is 3. The van der Waals surface area contributed by atoms with Gasteiger partial charge in [0.25, 0.3) is 5.91 Å². The van der Waals surface area contributed by atoms with Crippen molar-refractivity contribution in [3.8, 4) is 0 Å². The molecule has 0 bridgehead atoms. The number of anilines is 1. The molecule has 6 nitrogen and oxygen atoms in total. The van der Waals surface area contributed by atoms with E-state index in [-0.39, 0.29) is 24.8 Å². The third-order valence-corrected chi connectivity index (χ3v) is 4.89. The number of hydrogen-bond acceptors (Lipinski definition) is 3. The Kier molecular flexibility index (Phi) is 4.76. The molecule has 0 radical (unpaired) electrons. The van der Waals surface area contributed by atoms with Crippen LogP contribution in [0.15, 0.2) is 72.8 Å². The molecule has 6 heteroatoms. The molecule has 1 atom stereocenters. The van der Waals surface area contributed by atoms with Crippen LogP contribution < -0.4 is 15.8 Å². The van der Waals surface area contributed by atoms with Gasteiger partial charge in [-0.15, -0.1) is 0 Å². The Morgan fingerprint density at radius 2 is 1.57 bits per heavy atom. The van der Waals surface area contributed by atoms with Crippen LogP contribution in [0.25, 0.3) is 10.8 Å². The lowest BCUT2D eigenvalue weighted by molar-refractivity contribution is -0.126. The number of hydrogen-bond donors (Lipinski definition) is 2. The predicted molar refractivity (Wildman–Crippen MR) is 106 cm³/mol. The summed E-state index contributed by atoms with van der Waals surface area (Å²) in [5.41, 5.74) is 6.09. The van der Waals surface area contributed by atoms with Gasteiger partial charge in [-0.05, 0) is 23.6 Å². The van der Waals surface area contributed by atoms with Crippen molar-refractivity contribution in [3.05, 3.63) is 78.4 Å². The van der Waals surface area contributed by atoms with Gasteiger partial charge in [0, 0.05) is 23.9 Å². The van der Waals surface area contributed by atoms with Crippen molar-refractivity contribution in [2.75, 3.05) is 11.4 Å². The van der Waals surface area contributed by atoms with Crippen molar-refractivity contribution in [1.82, 2.24) is 10.9 Å². The average molecular weight is 373 g/mol. The van der Waals surface area contributed by atoms with Crippen molar-refractivity contribution >= 4 is 34.2 Å². The normalized spacial score (nSPS) is 16.2. The molecule has 3 aromatic rings. The maximum Gasteiger partial charge on any atom is 0.269 e. The lowest BCUT2D eigenvalue weighted by Crippen LogP contribution is -2.45. The number of rotatable bonds is 3. The van der Waals surface area contributed by atoms with E-state index in [1.807, 2.05) is 42.5 Å². The monoisotopic (exact) mass is 373 g/mol. The second-order valence-corrected chi connectivity index (χ2v) is 6.71. The van der Waals surface area contributed by atoms with E-state index in [9.17, 15) is 14.4 Å². The maximum atomic E-state index is 12.6. The maximum absolute atomic E-state index is 12.6. The number of fused-ring (bicyclic) bond motifs is 1. The number of nitrogens with zero attached hydrogens (tertiary/aromatic N) is 1. The molecule has 1 heterocycles. The molecule has 0 saturated carbocycles. The molecule has 140 valence electrons. The van der Waals surface area contributed by atoms with Crippen LogP contribution in [0.2, 0.25) is 0 Å². The van der Waals surface area contributed by atoms with Gasteiger partial charge in [0.15, 0.2) is 0 Å². The number of hydrazine groups is 1. The number of carbonyl (C=O) groups is 3. The topological polar surface area (TPSA) is 78.5 Å². The Hall–Kier alpha value is -3.67. The van der Waals surface area contributed by atoms with Crippen LogP contribution in [0.3, 0.4) is 0 Å². The van der Waals surface area contributed by atoms with Gasteiger partial charge in [-0.25, -0.2) is 0 Å². The fourth-order valence-electron chi connectivity index (χ4n) is 3.44. The van der Waals surface area contributed by atoms with E-state index in [0.29, 0.717) is 5.56 Å². The summed E-state index contributed by atoms with van der Waals surface area (Å²) in [5, 5.41) is 2.01. The summed E-state index contributed by atoms with van der Waals surface area (Å²) < 4.78 is 0. The zero-order chi connectivity index (χ0) is 19.5. The molecule has 1 fully saturated rings. The van der Waals surface area contributed by atoms with Gasteiger partial charge in [0.1, 0.15) is 0 Å². The largest absolute Gasteiger partial charge is 0.311 e. The quantitative estimate of drug-likeness (QED) is 0.693. The Morgan fingerprint density at radius 3 is 2.39 bits per heavy atom. The van der Waals surface area contributed by atoms with Crippen LogP contribution in [0.4, 0.5) is 5.69 Å². The van der Waals surface area contributed by atoms with Crippen LogP contribution in [0, 0.1) is 5.92 Å². The first kappa shape index (κ1) is 17.7. The van der Waals surface area contributed by atoms with Crippen molar-refractivity contribution in [2.24, 2.45) is 5.92 Å². The van der Waals surface area contributed by atoms with E-state index in [1.54, 1.807) is 35.2 Å². The van der Waals surface area contributed by atoms with Gasteiger partial charge in [0.05, 0.1) is 11.6 Å². The zero-order valence-corrected chi connectivity index (χ0v) is 15.1. The highest BCUT2D eigenvalue weighted by atomic mass is 16.2. The predicted octanol–water partition coefficient (Wildman–Crippen LogP) is 2.65. The molecule has 1 aliphatic rings.